The number of esters is 1. The summed E-state index contributed by atoms with van der Waals surface area (Å²) in [6.45, 7) is 20.5. The third-order valence-electron chi connectivity index (χ3n) is 5.18. The number of hydrogen-bond acceptors (Lipinski definition) is 5. The molecule has 0 radical (unpaired) electrons. The molecule has 0 aliphatic heterocycles. The van der Waals surface area contributed by atoms with Crippen LogP contribution in [0.3, 0.4) is 0 Å². The maximum atomic E-state index is 14.4. The number of carbonyl (C=O) groups is 1. The highest BCUT2D eigenvalue weighted by Crippen LogP contribution is 2.27. The molecular formula is C29H33FO5. The topological polar surface area (TPSA) is 65.0 Å². The Morgan fingerprint density at radius 3 is 2.11 bits per heavy atom. The van der Waals surface area contributed by atoms with Crippen LogP contribution < -0.4 is 4.74 Å². The number of carbonyl (C=O) groups excluding carboxylic acids is 1. The maximum Gasteiger partial charge on any atom is 0.338 e. The van der Waals surface area contributed by atoms with Crippen LogP contribution in [0, 0.1) is 11.7 Å². The molecule has 5 nitrogen and oxygen atoms in total. The van der Waals surface area contributed by atoms with Crippen LogP contribution in [0.1, 0.15) is 26.3 Å². The third-order valence-corrected chi connectivity index (χ3v) is 5.18. The molecular weight excluding hydrogens is 447 g/mol. The van der Waals surface area contributed by atoms with Gasteiger partial charge in [-0.3, -0.25) is 0 Å². The van der Waals surface area contributed by atoms with Crippen LogP contribution in [0.2, 0.25) is 0 Å². The number of benzene rings is 2. The summed E-state index contributed by atoms with van der Waals surface area (Å²) in [5.74, 6) is -1.01. The highest BCUT2D eigenvalue weighted by Gasteiger charge is 2.16. The van der Waals surface area contributed by atoms with E-state index in [9.17, 15) is 14.3 Å². The van der Waals surface area contributed by atoms with Gasteiger partial charge in [-0.05, 0) is 67.2 Å². The molecule has 0 saturated heterocycles. The Bertz CT molecular complexity index is 1100. The van der Waals surface area contributed by atoms with E-state index in [-0.39, 0.29) is 23.8 Å². The van der Waals surface area contributed by atoms with E-state index in [1.54, 1.807) is 13.0 Å². The van der Waals surface area contributed by atoms with E-state index in [2.05, 4.69) is 26.3 Å². The van der Waals surface area contributed by atoms with Gasteiger partial charge in [0.1, 0.15) is 5.76 Å². The minimum absolute atomic E-state index is 0.0642. The largest absolute Gasteiger partial charge is 0.494 e. The molecule has 1 N–H and O–H groups in total. The standard InChI is InChI=1S/C29H33FO5/c1-18(2)21(7)33-16-23(17-34-28(31)19(3)4)14-22-8-10-24(11-9-22)25-12-13-27(26(30)15-25)35-29(32)20(5)6/h8-13,15,23,28,31H,1,3,5,7,14,16-17H2,2,4,6H3. The van der Waals surface area contributed by atoms with Gasteiger partial charge in [0.25, 0.3) is 0 Å². The molecule has 0 aromatic heterocycles. The lowest BCUT2D eigenvalue weighted by Crippen LogP contribution is -2.23. The quantitative estimate of drug-likeness (QED) is 0.0708. The second kappa shape index (κ2) is 12.8. The number of ether oxygens (including phenoxy) is 3. The Morgan fingerprint density at radius 1 is 0.943 bits per heavy atom. The number of aliphatic hydroxyl groups is 1. The molecule has 0 bridgehead atoms. The number of halogens is 1. The van der Waals surface area contributed by atoms with Crippen LogP contribution in [0.5, 0.6) is 5.75 Å². The van der Waals surface area contributed by atoms with Crippen molar-refractivity contribution < 1.29 is 28.5 Å². The lowest BCUT2D eigenvalue weighted by molar-refractivity contribution is -0.130. The number of hydrogen-bond donors (Lipinski definition) is 1. The van der Waals surface area contributed by atoms with Crippen molar-refractivity contribution in [2.45, 2.75) is 33.5 Å². The van der Waals surface area contributed by atoms with Gasteiger partial charge in [-0.15, -0.1) is 0 Å². The molecule has 0 amide bonds. The number of aliphatic hydroxyl groups excluding tert-OH is 1. The first-order valence-corrected chi connectivity index (χ1v) is 11.2. The second-order valence-electron chi connectivity index (χ2n) is 8.63. The van der Waals surface area contributed by atoms with Gasteiger partial charge < -0.3 is 19.3 Å². The number of allylic oxidation sites excluding steroid dienone is 1. The highest BCUT2D eigenvalue weighted by molar-refractivity contribution is 5.88. The van der Waals surface area contributed by atoms with Gasteiger partial charge in [-0.1, -0.05) is 56.6 Å². The predicted molar refractivity (Wildman–Crippen MR) is 136 cm³/mol. The van der Waals surface area contributed by atoms with Gasteiger partial charge in [0.2, 0.25) is 0 Å². The molecule has 0 spiro atoms. The third kappa shape index (κ3) is 8.67. The molecule has 0 aliphatic carbocycles. The van der Waals surface area contributed by atoms with E-state index < -0.39 is 18.1 Å². The fraction of sp³-hybridized carbons (Fsp3) is 0.276. The Kier molecular flexibility index (Phi) is 10.2. The van der Waals surface area contributed by atoms with Gasteiger partial charge >= 0.3 is 5.97 Å². The molecule has 0 saturated carbocycles. The van der Waals surface area contributed by atoms with Crippen LogP contribution in [0.15, 0.2) is 91.3 Å². The van der Waals surface area contributed by atoms with Crippen molar-refractivity contribution in [2.24, 2.45) is 5.92 Å². The molecule has 2 atom stereocenters. The highest BCUT2D eigenvalue weighted by atomic mass is 19.1. The first kappa shape index (κ1) is 27.8. The van der Waals surface area contributed by atoms with E-state index in [4.69, 9.17) is 14.2 Å². The van der Waals surface area contributed by atoms with Gasteiger partial charge in [-0.25, -0.2) is 9.18 Å². The van der Waals surface area contributed by atoms with E-state index in [1.807, 2.05) is 31.2 Å². The molecule has 2 unspecified atom stereocenters. The van der Waals surface area contributed by atoms with Crippen molar-refractivity contribution in [3.63, 3.8) is 0 Å². The minimum atomic E-state index is -1.04. The second-order valence-corrected chi connectivity index (χ2v) is 8.63. The molecule has 0 fully saturated rings. The fourth-order valence-electron chi connectivity index (χ4n) is 2.99. The molecule has 0 aliphatic rings. The van der Waals surface area contributed by atoms with Crippen LogP contribution >= 0.6 is 0 Å². The van der Waals surface area contributed by atoms with Crippen LogP contribution in [0.25, 0.3) is 11.1 Å². The molecule has 2 aromatic rings. The summed E-state index contributed by atoms with van der Waals surface area (Å²) in [4.78, 5) is 11.6. The summed E-state index contributed by atoms with van der Waals surface area (Å²) in [6.07, 6.45) is -0.423. The molecule has 2 aromatic carbocycles. The van der Waals surface area contributed by atoms with Crippen molar-refractivity contribution in [3.05, 3.63) is 103 Å². The van der Waals surface area contributed by atoms with Crippen molar-refractivity contribution in [1.29, 1.82) is 0 Å². The zero-order valence-corrected chi connectivity index (χ0v) is 20.6. The summed E-state index contributed by atoms with van der Waals surface area (Å²) >= 11 is 0. The van der Waals surface area contributed by atoms with Gasteiger partial charge in [0, 0.05) is 11.5 Å². The van der Waals surface area contributed by atoms with Crippen molar-refractivity contribution in [3.8, 4) is 16.9 Å². The lowest BCUT2D eigenvalue weighted by atomic mass is 9.97. The van der Waals surface area contributed by atoms with E-state index in [0.29, 0.717) is 29.9 Å². The van der Waals surface area contributed by atoms with Crippen LogP contribution in [0.4, 0.5) is 4.39 Å². The monoisotopic (exact) mass is 480 g/mol. The molecule has 186 valence electrons. The van der Waals surface area contributed by atoms with E-state index >= 15 is 0 Å². The average molecular weight is 481 g/mol. The minimum Gasteiger partial charge on any atom is -0.494 e. The zero-order valence-electron chi connectivity index (χ0n) is 20.6. The van der Waals surface area contributed by atoms with Crippen molar-refractivity contribution in [1.82, 2.24) is 0 Å². The predicted octanol–water partition coefficient (Wildman–Crippen LogP) is 6.15. The van der Waals surface area contributed by atoms with Crippen LogP contribution in [-0.2, 0) is 20.7 Å². The Hall–Kier alpha value is -3.48. The first-order chi connectivity index (χ1) is 16.5. The molecule has 35 heavy (non-hydrogen) atoms. The van der Waals surface area contributed by atoms with Crippen molar-refractivity contribution >= 4 is 5.97 Å². The Labute approximate surface area is 206 Å². The molecule has 0 heterocycles. The summed E-state index contributed by atoms with van der Waals surface area (Å²) in [7, 11) is 0. The number of rotatable bonds is 13. The SMILES string of the molecule is C=C(C)C(=C)OCC(COC(O)C(=C)C)Cc1ccc(-c2ccc(OC(=O)C(=C)C)c(F)c2)cc1. The molecule has 2 rings (SSSR count). The van der Waals surface area contributed by atoms with E-state index in [1.165, 1.54) is 19.1 Å². The average Bonchev–Trinajstić information content (AvgIpc) is 2.81. The first-order valence-electron chi connectivity index (χ1n) is 11.2. The Balaban J connectivity index is 2.11. The maximum absolute atomic E-state index is 14.4. The van der Waals surface area contributed by atoms with Gasteiger partial charge in [-0.2, -0.15) is 0 Å². The summed E-state index contributed by atoms with van der Waals surface area (Å²) in [5.41, 5.74) is 3.93. The normalized spacial score (nSPS) is 12.4. The zero-order chi connectivity index (χ0) is 26.1. The summed E-state index contributed by atoms with van der Waals surface area (Å²) in [5, 5.41) is 9.93. The van der Waals surface area contributed by atoms with Crippen molar-refractivity contribution in [2.75, 3.05) is 13.2 Å². The summed E-state index contributed by atoms with van der Waals surface area (Å²) in [6, 6.07) is 12.1. The fourth-order valence-corrected chi connectivity index (χ4v) is 2.99. The smallest absolute Gasteiger partial charge is 0.338 e. The van der Waals surface area contributed by atoms with Crippen LogP contribution in [-0.4, -0.2) is 30.6 Å². The lowest BCUT2D eigenvalue weighted by Gasteiger charge is -2.21. The van der Waals surface area contributed by atoms with Gasteiger partial charge in [0.15, 0.2) is 17.9 Å². The Morgan fingerprint density at radius 2 is 1.57 bits per heavy atom. The molecule has 6 heteroatoms. The van der Waals surface area contributed by atoms with Gasteiger partial charge in [0.05, 0.1) is 13.2 Å². The summed E-state index contributed by atoms with van der Waals surface area (Å²) < 4.78 is 30.7. The van der Waals surface area contributed by atoms with E-state index in [0.717, 1.165) is 16.7 Å².